The lowest BCUT2D eigenvalue weighted by atomic mass is 9.89. The molecule has 5 aromatic rings. The summed E-state index contributed by atoms with van der Waals surface area (Å²) in [5.41, 5.74) is 3.26. The second-order valence-corrected chi connectivity index (χ2v) is 9.40. The van der Waals surface area contributed by atoms with Gasteiger partial charge in [0.2, 0.25) is 5.88 Å². The van der Waals surface area contributed by atoms with E-state index in [1.165, 1.54) is 23.5 Å². The zero-order valence-corrected chi connectivity index (χ0v) is 18.3. The summed E-state index contributed by atoms with van der Waals surface area (Å²) in [6.07, 6.45) is 0. The number of fused-ring (bicyclic) bond motifs is 2. The van der Waals surface area contributed by atoms with Gasteiger partial charge in [0.05, 0.1) is 34.1 Å². The van der Waals surface area contributed by atoms with Crippen molar-refractivity contribution >= 4 is 32.5 Å². The summed E-state index contributed by atoms with van der Waals surface area (Å²) in [5, 5.41) is 20.1. The van der Waals surface area contributed by atoms with Gasteiger partial charge < -0.3 is 9.84 Å². The quantitative estimate of drug-likeness (QED) is 0.376. The normalized spacial score (nSPS) is 12.2. The maximum Gasteiger partial charge on any atom is 0.224 e. The predicted octanol–water partition coefficient (Wildman–Crippen LogP) is 5.78. The number of halogens is 1. The molecule has 2 aromatic carbocycles. The van der Waals surface area contributed by atoms with Crippen molar-refractivity contribution in [2.45, 2.75) is 26.2 Å². The lowest BCUT2D eigenvalue weighted by Crippen LogP contribution is -2.12. The lowest BCUT2D eigenvalue weighted by Gasteiger charge is -2.17. The summed E-state index contributed by atoms with van der Waals surface area (Å²) in [6, 6.07) is 12.1. The Bertz CT molecular complexity index is 1440. The molecule has 6 nitrogen and oxygen atoms in total. The average molecular weight is 437 g/mol. The van der Waals surface area contributed by atoms with Crippen LogP contribution in [-0.4, -0.2) is 32.0 Å². The number of hydrogen-bond donors (Lipinski definition) is 2. The topological polar surface area (TPSA) is 76.0 Å². The number of hydrogen-bond acceptors (Lipinski definition) is 5. The van der Waals surface area contributed by atoms with Crippen molar-refractivity contribution in [2.24, 2.45) is 0 Å². The lowest BCUT2D eigenvalue weighted by molar-refractivity contribution is 0.416. The van der Waals surface area contributed by atoms with E-state index in [1.807, 2.05) is 24.3 Å². The fourth-order valence-corrected chi connectivity index (χ4v) is 4.87. The first-order chi connectivity index (χ1) is 14.8. The second-order valence-electron chi connectivity index (χ2n) is 8.39. The number of thiazole rings is 1. The molecule has 0 saturated heterocycles. The van der Waals surface area contributed by atoms with Crippen LogP contribution in [0.15, 0.2) is 42.5 Å². The van der Waals surface area contributed by atoms with Crippen LogP contribution in [0.1, 0.15) is 26.5 Å². The summed E-state index contributed by atoms with van der Waals surface area (Å²) < 4.78 is 21.8. The highest BCUT2D eigenvalue weighted by Crippen LogP contribution is 2.46. The summed E-state index contributed by atoms with van der Waals surface area (Å²) in [6.45, 7) is 6.22. The largest absolute Gasteiger partial charge is 0.496 e. The molecule has 0 aliphatic carbocycles. The van der Waals surface area contributed by atoms with E-state index in [2.05, 4.69) is 36.0 Å². The molecule has 0 fully saturated rings. The molecule has 0 saturated carbocycles. The summed E-state index contributed by atoms with van der Waals surface area (Å²) in [4.78, 5) is 4.67. The molecular formula is C23H21FN4O2S. The minimum Gasteiger partial charge on any atom is -0.496 e. The molecule has 0 aliphatic rings. The van der Waals surface area contributed by atoms with Gasteiger partial charge in [-0.1, -0.05) is 44.2 Å². The summed E-state index contributed by atoms with van der Waals surface area (Å²) in [7, 11) is 1.61. The Morgan fingerprint density at radius 1 is 1.16 bits per heavy atom. The number of aromatic hydroxyl groups is 1. The Hall–Kier alpha value is -3.39. The van der Waals surface area contributed by atoms with Gasteiger partial charge in [0.15, 0.2) is 5.13 Å². The van der Waals surface area contributed by atoms with Crippen molar-refractivity contribution in [1.82, 2.24) is 19.7 Å². The molecule has 5 rings (SSSR count). The van der Waals surface area contributed by atoms with E-state index >= 15 is 0 Å². The number of rotatable bonds is 3. The van der Waals surface area contributed by atoms with Gasteiger partial charge in [0, 0.05) is 11.0 Å². The highest BCUT2D eigenvalue weighted by atomic mass is 32.1. The highest BCUT2D eigenvalue weighted by Gasteiger charge is 2.31. The third-order valence-corrected chi connectivity index (χ3v) is 6.27. The number of methoxy groups -OCH3 is 1. The Morgan fingerprint density at radius 3 is 2.68 bits per heavy atom. The van der Waals surface area contributed by atoms with Gasteiger partial charge >= 0.3 is 0 Å². The standard InChI is InChI=1S/C23H21FN4O2S/c1-23(2,3)20-17-18(26-27-20)21(29)28(19(17)13-7-5-6-8-15(13)30-4)22-25-14-10-9-12(24)11-16(14)31-22/h5-11,26,29H,1-4H3. The predicted molar refractivity (Wildman–Crippen MR) is 121 cm³/mol. The van der Waals surface area contributed by atoms with Crippen LogP contribution >= 0.6 is 11.3 Å². The fraction of sp³-hybridized carbons (Fsp3) is 0.217. The van der Waals surface area contributed by atoms with Crippen LogP contribution in [0.2, 0.25) is 0 Å². The number of benzene rings is 2. The Labute approximate surface area is 181 Å². The van der Waals surface area contributed by atoms with E-state index in [9.17, 15) is 9.50 Å². The van der Waals surface area contributed by atoms with Crippen LogP contribution < -0.4 is 4.74 Å². The zero-order chi connectivity index (χ0) is 21.9. The van der Waals surface area contributed by atoms with Crippen molar-refractivity contribution in [1.29, 1.82) is 0 Å². The average Bonchev–Trinajstić information content (AvgIpc) is 3.40. The maximum atomic E-state index is 13.8. The molecule has 0 unspecified atom stereocenters. The number of nitrogens with zero attached hydrogens (tertiary/aromatic N) is 3. The molecule has 0 aliphatic heterocycles. The number of para-hydroxylation sites is 1. The second kappa shape index (κ2) is 6.81. The first kappa shape index (κ1) is 19.6. The third kappa shape index (κ3) is 2.97. The van der Waals surface area contributed by atoms with Gasteiger partial charge in [0.25, 0.3) is 0 Å². The minimum absolute atomic E-state index is 0.00145. The van der Waals surface area contributed by atoms with E-state index in [0.29, 0.717) is 26.6 Å². The number of aromatic nitrogens is 4. The fourth-order valence-electron chi connectivity index (χ4n) is 3.87. The number of H-pyrrole nitrogens is 1. The van der Waals surface area contributed by atoms with Gasteiger partial charge in [-0.15, -0.1) is 0 Å². The summed E-state index contributed by atoms with van der Waals surface area (Å²) in [5.74, 6) is 0.338. The van der Waals surface area contributed by atoms with E-state index < -0.39 is 0 Å². The highest BCUT2D eigenvalue weighted by molar-refractivity contribution is 7.20. The Kier molecular flexibility index (Phi) is 4.30. The molecule has 158 valence electrons. The molecule has 8 heteroatoms. The van der Waals surface area contributed by atoms with Crippen molar-refractivity contribution in [2.75, 3.05) is 7.11 Å². The van der Waals surface area contributed by atoms with Gasteiger partial charge in [-0.05, 0) is 30.3 Å². The monoisotopic (exact) mass is 436 g/mol. The minimum atomic E-state index is -0.323. The zero-order valence-electron chi connectivity index (χ0n) is 17.5. The molecule has 3 aromatic heterocycles. The van der Waals surface area contributed by atoms with Crippen LogP contribution in [-0.2, 0) is 5.41 Å². The van der Waals surface area contributed by atoms with Crippen molar-refractivity contribution in [3.63, 3.8) is 0 Å². The molecule has 0 bridgehead atoms. The van der Waals surface area contributed by atoms with Crippen LogP contribution in [0.5, 0.6) is 11.6 Å². The van der Waals surface area contributed by atoms with Gasteiger partial charge in [0.1, 0.15) is 17.1 Å². The molecule has 0 radical (unpaired) electrons. The molecule has 0 spiro atoms. The van der Waals surface area contributed by atoms with Gasteiger partial charge in [-0.25, -0.2) is 9.37 Å². The van der Waals surface area contributed by atoms with E-state index in [-0.39, 0.29) is 17.1 Å². The van der Waals surface area contributed by atoms with E-state index in [1.54, 1.807) is 17.7 Å². The van der Waals surface area contributed by atoms with Gasteiger partial charge in [-0.2, -0.15) is 5.10 Å². The van der Waals surface area contributed by atoms with Crippen LogP contribution in [0, 0.1) is 5.82 Å². The Balaban J connectivity index is 1.92. The van der Waals surface area contributed by atoms with Crippen molar-refractivity contribution < 1.29 is 14.2 Å². The molecule has 0 atom stereocenters. The van der Waals surface area contributed by atoms with Crippen LogP contribution in [0.3, 0.4) is 0 Å². The third-order valence-electron chi connectivity index (χ3n) is 5.27. The van der Waals surface area contributed by atoms with Crippen LogP contribution in [0.4, 0.5) is 4.39 Å². The number of nitrogens with one attached hydrogen (secondary N) is 1. The maximum absolute atomic E-state index is 13.8. The molecule has 3 heterocycles. The number of ether oxygens (including phenoxy) is 1. The Morgan fingerprint density at radius 2 is 1.94 bits per heavy atom. The molecular weight excluding hydrogens is 415 g/mol. The van der Waals surface area contributed by atoms with Gasteiger partial charge in [-0.3, -0.25) is 9.67 Å². The SMILES string of the molecule is COc1ccccc1-c1c2c(C(C)(C)C)n[nH]c2c(O)n1-c1nc2ccc(F)cc2s1. The van der Waals surface area contributed by atoms with Crippen LogP contribution in [0.25, 0.3) is 37.5 Å². The first-order valence-electron chi connectivity index (χ1n) is 9.81. The van der Waals surface area contributed by atoms with Crippen molar-refractivity contribution in [3.8, 4) is 28.0 Å². The van der Waals surface area contributed by atoms with E-state index in [0.717, 1.165) is 22.3 Å². The smallest absolute Gasteiger partial charge is 0.224 e. The molecule has 0 amide bonds. The number of aromatic amines is 1. The first-order valence-corrected chi connectivity index (χ1v) is 10.6. The summed E-state index contributed by atoms with van der Waals surface area (Å²) >= 11 is 1.31. The molecule has 2 N–H and O–H groups in total. The van der Waals surface area contributed by atoms with Crippen molar-refractivity contribution in [3.05, 3.63) is 54.0 Å². The molecule has 31 heavy (non-hydrogen) atoms. The van der Waals surface area contributed by atoms with E-state index in [4.69, 9.17) is 4.74 Å².